The van der Waals surface area contributed by atoms with Crippen LogP contribution in [0.1, 0.15) is 37.2 Å². The minimum atomic E-state index is -0.200. The Balaban J connectivity index is 1.32. The van der Waals surface area contributed by atoms with Crippen molar-refractivity contribution in [3.05, 3.63) is 34.6 Å². The second kappa shape index (κ2) is 7.73. The molecule has 1 aromatic rings. The molecule has 4 rings (SSSR count). The van der Waals surface area contributed by atoms with E-state index in [-0.39, 0.29) is 17.8 Å². The summed E-state index contributed by atoms with van der Waals surface area (Å²) in [5, 5.41) is 4.07. The Hall–Kier alpha value is -1.33. The monoisotopic (exact) mass is 378 g/mol. The smallest absolute Gasteiger partial charge is 0.193 e. The highest BCUT2D eigenvalue weighted by Crippen LogP contribution is 2.45. The molecule has 2 aliphatic heterocycles. The summed E-state index contributed by atoms with van der Waals surface area (Å²) in [6, 6.07) is 5.15. The Morgan fingerprint density at radius 3 is 2.85 bits per heavy atom. The van der Waals surface area contributed by atoms with Gasteiger partial charge in [-0.3, -0.25) is 4.99 Å². The SMILES string of the molecule is CN=C(NC1CC1c1c(F)cccc1Cl)N1CCC(CN2CCCC2)C1. The lowest BCUT2D eigenvalue weighted by Crippen LogP contribution is -2.42. The molecule has 142 valence electrons. The summed E-state index contributed by atoms with van der Waals surface area (Å²) in [5.74, 6) is 1.62. The highest BCUT2D eigenvalue weighted by molar-refractivity contribution is 6.31. The number of nitrogens with zero attached hydrogens (tertiary/aromatic N) is 3. The number of guanidine groups is 1. The number of hydrogen-bond donors (Lipinski definition) is 1. The van der Waals surface area contributed by atoms with Gasteiger partial charge in [0.1, 0.15) is 5.82 Å². The molecule has 2 saturated heterocycles. The number of aliphatic imine (C=N–C) groups is 1. The minimum absolute atomic E-state index is 0.142. The summed E-state index contributed by atoms with van der Waals surface area (Å²) in [6.07, 6.45) is 4.83. The largest absolute Gasteiger partial charge is 0.353 e. The van der Waals surface area contributed by atoms with Crippen molar-refractivity contribution in [1.82, 2.24) is 15.1 Å². The maximum absolute atomic E-state index is 14.1. The van der Waals surface area contributed by atoms with Crippen molar-refractivity contribution in [1.29, 1.82) is 0 Å². The number of benzene rings is 1. The Kier molecular flexibility index (Phi) is 5.37. The van der Waals surface area contributed by atoms with Crippen LogP contribution in [0.3, 0.4) is 0 Å². The van der Waals surface area contributed by atoms with Crippen LogP contribution in [0.15, 0.2) is 23.2 Å². The summed E-state index contributed by atoms with van der Waals surface area (Å²) in [4.78, 5) is 9.44. The lowest BCUT2D eigenvalue weighted by Gasteiger charge is -2.23. The zero-order chi connectivity index (χ0) is 18.1. The molecule has 3 aliphatic rings. The van der Waals surface area contributed by atoms with E-state index in [1.54, 1.807) is 12.1 Å². The zero-order valence-electron chi connectivity index (χ0n) is 15.4. The van der Waals surface area contributed by atoms with E-state index in [1.807, 2.05) is 7.05 Å². The van der Waals surface area contributed by atoms with Crippen LogP contribution in [-0.4, -0.2) is 61.6 Å². The number of rotatable bonds is 4. The lowest BCUT2D eigenvalue weighted by atomic mass is 10.1. The average molecular weight is 379 g/mol. The predicted molar refractivity (Wildman–Crippen MR) is 104 cm³/mol. The van der Waals surface area contributed by atoms with E-state index in [2.05, 4.69) is 20.1 Å². The van der Waals surface area contributed by atoms with E-state index >= 15 is 0 Å². The number of likely N-dealkylation sites (tertiary alicyclic amines) is 2. The molecule has 3 fully saturated rings. The van der Waals surface area contributed by atoms with Gasteiger partial charge in [0.2, 0.25) is 0 Å². The molecule has 0 amide bonds. The summed E-state index contributed by atoms with van der Waals surface area (Å²) in [6.45, 7) is 5.85. The number of hydrogen-bond acceptors (Lipinski definition) is 2. The fourth-order valence-electron chi connectivity index (χ4n) is 4.51. The zero-order valence-corrected chi connectivity index (χ0v) is 16.2. The molecule has 1 aromatic carbocycles. The normalized spacial score (nSPS) is 29.4. The van der Waals surface area contributed by atoms with Gasteiger partial charge >= 0.3 is 0 Å². The first kappa shape index (κ1) is 18.1. The van der Waals surface area contributed by atoms with Gasteiger partial charge in [0.15, 0.2) is 5.96 Å². The van der Waals surface area contributed by atoms with E-state index in [0.29, 0.717) is 10.6 Å². The molecule has 0 radical (unpaired) electrons. The fourth-order valence-corrected chi connectivity index (χ4v) is 4.81. The molecular formula is C20H28ClFN4. The van der Waals surface area contributed by atoms with Gasteiger partial charge in [-0.1, -0.05) is 17.7 Å². The molecule has 6 heteroatoms. The maximum Gasteiger partial charge on any atom is 0.193 e. The Morgan fingerprint density at radius 2 is 2.12 bits per heavy atom. The van der Waals surface area contributed by atoms with Gasteiger partial charge in [0.05, 0.1) is 0 Å². The number of nitrogens with one attached hydrogen (secondary N) is 1. The van der Waals surface area contributed by atoms with Crippen LogP contribution >= 0.6 is 11.6 Å². The number of halogens is 2. The van der Waals surface area contributed by atoms with Crippen LogP contribution in [0.25, 0.3) is 0 Å². The first-order chi connectivity index (χ1) is 12.7. The predicted octanol–water partition coefficient (Wildman–Crippen LogP) is 3.33. The van der Waals surface area contributed by atoms with Crippen molar-refractivity contribution in [2.24, 2.45) is 10.9 Å². The second-order valence-electron chi connectivity index (χ2n) is 7.88. The average Bonchev–Trinajstić information content (AvgIpc) is 3.01. The highest BCUT2D eigenvalue weighted by Gasteiger charge is 2.42. The van der Waals surface area contributed by atoms with E-state index in [9.17, 15) is 4.39 Å². The Bertz CT molecular complexity index is 654. The molecule has 0 spiro atoms. The van der Waals surface area contributed by atoms with Crippen molar-refractivity contribution < 1.29 is 4.39 Å². The van der Waals surface area contributed by atoms with Crippen molar-refractivity contribution in [3.63, 3.8) is 0 Å². The van der Waals surface area contributed by atoms with Crippen molar-refractivity contribution in [2.75, 3.05) is 39.8 Å². The molecule has 3 atom stereocenters. The molecular weight excluding hydrogens is 351 g/mol. The molecule has 0 bridgehead atoms. The second-order valence-corrected chi connectivity index (χ2v) is 8.29. The third-order valence-corrected chi connectivity index (χ3v) is 6.32. The van der Waals surface area contributed by atoms with Gasteiger partial charge in [-0.2, -0.15) is 0 Å². The van der Waals surface area contributed by atoms with Crippen molar-refractivity contribution in [3.8, 4) is 0 Å². The standard InChI is InChI=1S/C20H28ClFN4/c1-23-20(26-10-7-14(13-26)12-25-8-2-3-9-25)24-18-11-15(18)19-16(21)5-4-6-17(19)22/h4-6,14-15,18H,2-3,7-13H2,1H3,(H,23,24). The van der Waals surface area contributed by atoms with E-state index < -0.39 is 0 Å². The molecule has 3 unspecified atom stereocenters. The van der Waals surface area contributed by atoms with E-state index in [0.717, 1.165) is 31.4 Å². The third kappa shape index (κ3) is 3.84. The van der Waals surface area contributed by atoms with Gasteiger partial charge in [0, 0.05) is 49.2 Å². The van der Waals surface area contributed by atoms with Gasteiger partial charge in [-0.05, 0) is 56.8 Å². The molecule has 1 aliphatic carbocycles. The van der Waals surface area contributed by atoms with Crippen LogP contribution in [-0.2, 0) is 0 Å². The molecule has 4 nitrogen and oxygen atoms in total. The van der Waals surface area contributed by atoms with Crippen LogP contribution in [0.2, 0.25) is 5.02 Å². The Morgan fingerprint density at radius 1 is 1.31 bits per heavy atom. The lowest BCUT2D eigenvalue weighted by molar-refractivity contribution is 0.281. The van der Waals surface area contributed by atoms with Crippen molar-refractivity contribution >= 4 is 17.6 Å². The molecule has 1 saturated carbocycles. The maximum atomic E-state index is 14.1. The van der Waals surface area contributed by atoms with Crippen LogP contribution in [0, 0.1) is 11.7 Å². The van der Waals surface area contributed by atoms with Gasteiger partial charge in [0.25, 0.3) is 0 Å². The summed E-state index contributed by atoms with van der Waals surface area (Å²) < 4.78 is 14.1. The first-order valence-electron chi connectivity index (χ1n) is 9.80. The third-order valence-electron chi connectivity index (χ3n) is 5.99. The Labute approximate surface area is 160 Å². The molecule has 1 N–H and O–H groups in total. The topological polar surface area (TPSA) is 30.9 Å². The van der Waals surface area contributed by atoms with Crippen LogP contribution in [0.4, 0.5) is 4.39 Å². The van der Waals surface area contributed by atoms with Gasteiger partial charge < -0.3 is 15.1 Å². The highest BCUT2D eigenvalue weighted by atomic mass is 35.5. The van der Waals surface area contributed by atoms with Crippen molar-refractivity contribution in [2.45, 2.75) is 37.6 Å². The molecule has 0 aromatic heterocycles. The van der Waals surface area contributed by atoms with Gasteiger partial charge in [-0.15, -0.1) is 0 Å². The van der Waals surface area contributed by atoms with E-state index in [4.69, 9.17) is 11.6 Å². The fraction of sp³-hybridized carbons (Fsp3) is 0.650. The molecule has 2 heterocycles. The summed E-state index contributed by atoms with van der Waals surface area (Å²) >= 11 is 6.21. The van der Waals surface area contributed by atoms with Gasteiger partial charge in [-0.25, -0.2) is 4.39 Å². The van der Waals surface area contributed by atoms with Crippen LogP contribution < -0.4 is 5.32 Å². The van der Waals surface area contributed by atoms with Crippen LogP contribution in [0.5, 0.6) is 0 Å². The summed E-state index contributed by atoms with van der Waals surface area (Å²) in [5.41, 5.74) is 0.649. The summed E-state index contributed by atoms with van der Waals surface area (Å²) in [7, 11) is 1.84. The quantitative estimate of drug-likeness (QED) is 0.644. The van der Waals surface area contributed by atoms with E-state index in [1.165, 1.54) is 45.0 Å². The molecule has 26 heavy (non-hydrogen) atoms. The minimum Gasteiger partial charge on any atom is -0.353 e. The first-order valence-corrected chi connectivity index (χ1v) is 10.2.